The van der Waals surface area contributed by atoms with E-state index in [1.807, 2.05) is 24.4 Å². The first kappa shape index (κ1) is 22.8. The van der Waals surface area contributed by atoms with Crippen LogP contribution in [0.25, 0.3) is 5.76 Å². The number of aliphatic hydroxyl groups is 1. The number of carbonyl (C=O) groups is 2. The highest BCUT2D eigenvalue weighted by atomic mass is 32.1. The molecule has 1 saturated heterocycles. The standard InChI is InChI=1S/C26H23NO7S/c1-3-32-17-8-6-15(7-9-17)23(28)21-22(16-11-19(31-2)25-20(12-16)33-14-34-25)27(26(30)24(21)29)13-18-5-4-10-35-18/h4-12,22,28H,3,13-14H2,1-2H3/b23-21+. The van der Waals surface area contributed by atoms with Gasteiger partial charge in [-0.2, -0.15) is 0 Å². The van der Waals surface area contributed by atoms with Crippen LogP contribution in [0.5, 0.6) is 23.0 Å². The molecule has 0 radical (unpaired) electrons. The molecule has 2 aliphatic rings. The Hall–Kier alpha value is -3.98. The summed E-state index contributed by atoms with van der Waals surface area (Å²) in [5.41, 5.74) is 0.964. The second-order valence-corrected chi connectivity index (χ2v) is 8.95. The molecule has 0 saturated carbocycles. The molecule has 1 unspecified atom stereocenters. The third-order valence-corrected chi connectivity index (χ3v) is 6.74. The molecule has 35 heavy (non-hydrogen) atoms. The molecule has 1 atom stereocenters. The number of benzene rings is 2. The fraction of sp³-hybridized carbons (Fsp3) is 0.231. The molecule has 1 aromatic heterocycles. The van der Waals surface area contributed by atoms with Crippen LogP contribution in [0.4, 0.5) is 0 Å². The maximum Gasteiger partial charge on any atom is 0.295 e. The Bertz CT molecular complexity index is 1300. The first-order valence-corrected chi connectivity index (χ1v) is 11.9. The number of thiophene rings is 1. The van der Waals surface area contributed by atoms with Gasteiger partial charge in [-0.25, -0.2) is 0 Å². The van der Waals surface area contributed by atoms with Crippen molar-refractivity contribution < 1.29 is 33.6 Å². The molecule has 1 N–H and O–H groups in total. The number of amides is 1. The summed E-state index contributed by atoms with van der Waals surface area (Å²) < 4.78 is 22.0. The number of Topliss-reactive ketones (excluding diaryl/α,β-unsaturated/α-hetero) is 1. The van der Waals surface area contributed by atoms with Gasteiger partial charge < -0.3 is 29.0 Å². The van der Waals surface area contributed by atoms with E-state index in [-0.39, 0.29) is 24.7 Å². The van der Waals surface area contributed by atoms with E-state index in [1.54, 1.807) is 36.4 Å². The topological polar surface area (TPSA) is 94.5 Å². The van der Waals surface area contributed by atoms with E-state index in [9.17, 15) is 14.7 Å². The van der Waals surface area contributed by atoms with Gasteiger partial charge >= 0.3 is 0 Å². The van der Waals surface area contributed by atoms with Crippen molar-refractivity contribution in [2.24, 2.45) is 0 Å². The molecular formula is C26H23NO7S. The highest BCUT2D eigenvalue weighted by Gasteiger charge is 2.47. The zero-order valence-corrected chi connectivity index (χ0v) is 20.0. The summed E-state index contributed by atoms with van der Waals surface area (Å²) in [7, 11) is 1.50. The quantitative estimate of drug-likeness (QED) is 0.294. The number of hydrogen-bond donors (Lipinski definition) is 1. The molecule has 180 valence electrons. The lowest BCUT2D eigenvalue weighted by Crippen LogP contribution is -2.28. The summed E-state index contributed by atoms with van der Waals surface area (Å²) in [4.78, 5) is 28.9. The van der Waals surface area contributed by atoms with Crippen LogP contribution in [0.3, 0.4) is 0 Å². The number of nitrogens with zero attached hydrogens (tertiary/aromatic N) is 1. The molecular weight excluding hydrogens is 470 g/mol. The lowest BCUT2D eigenvalue weighted by molar-refractivity contribution is -0.140. The Labute approximate surface area is 205 Å². The third-order valence-electron chi connectivity index (χ3n) is 5.88. The van der Waals surface area contributed by atoms with Crippen LogP contribution in [0.2, 0.25) is 0 Å². The van der Waals surface area contributed by atoms with Crippen LogP contribution in [0.15, 0.2) is 59.5 Å². The first-order chi connectivity index (χ1) is 17.0. The Kier molecular flexibility index (Phi) is 6.08. The summed E-state index contributed by atoms with van der Waals surface area (Å²) in [5.74, 6) is 0.251. The van der Waals surface area contributed by atoms with Crippen LogP contribution < -0.4 is 18.9 Å². The van der Waals surface area contributed by atoms with Crippen LogP contribution >= 0.6 is 11.3 Å². The van der Waals surface area contributed by atoms with Crippen molar-refractivity contribution in [3.63, 3.8) is 0 Å². The van der Waals surface area contributed by atoms with Gasteiger partial charge in [-0.15, -0.1) is 11.3 Å². The van der Waals surface area contributed by atoms with Crippen LogP contribution in [0.1, 0.15) is 29.0 Å². The van der Waals surface area contributed by atoms with E-state index in [1.165, 1.54) is 23.3 Å². The summed E-state index contributed by atoms with van der Waals surface area (Å²) in [6, 6.07) is 13.1. The number of ketones is 1. The summed E-state index contributed by atoms with van der Waals surface area (Å²) >= 11 is 1.48. The van der Waals surface area contributed by atoms with Gasteiger partial charge in [0.15, 0.2) is 11.5 Å². The molecule has 0 aliphatic carbocycles. The first-order valence-electron chi connectivity index (χ1n) is 11.0. The van der Waals surface area contributed by atoms with Gasteiger partial charge in [0.05, 0.1) is 31.9 Å². The van der Waals surface area contributed by atoms with Crippen molar-refractivity contribution >= 4 is 28.8 Å². The van der Waals surface area contributed by atoms with Gasteiger partial charge in [0.25, 0.3) is 11.7 Å². The van der Waals surface area contributed by atoms with E-state index in [2.05, 4.69) is 0 Å². The van der Waals surface area contributed by atoms with Crippen molar-refractivity contribution in [3.05, 3.63) is 75.5 Å². The van der Waals surface area contributed by atoms with Gasteiger partial charge in [0, 0.05) is 10.4 Å². The van der Waals surface area contributed by atoms with Crippen molar-refractivity contribution in [3.8, 4) is 23.0 Å². The smallest absolute Gasteiger partial charge is 0.295 e. The number of likely N-dealkylation sites (tertiary alicyclic amines) is 1. The number of fused-ring (bicyclic) bond motifs is 1. The second kappa shape index (κ2) is 9.34. The number of hydrogen-bond acceptors (Lipinski definition) is 8. The molecule has 3 heterocycles. The molecule has 8 nitrogen and oxygen atoms in total. The van der Waals surface area contributed by atoms with Crippen molar-refractivity contribution in [1.29, 1.82) is 0 Å². The second-order valence-electron chi connectivity index (χ2n) is 7.92. The van der Waals surface area contributed by atoms with E-state index in [0.29, 0.717) is 40.7 Å². The summed E-state index contributed by atoms with van der Waals surface area (Å²) in [6.07, 6.45) is 0. The van der Waals surface area contributed by atoms with E-state index >= 15 is 0 Å². The molecule has 2 aromatic carbocycles. The predicted octanol–water partition coefficient (Wildman–Crippen LogP) is 4.51. The molecule has 1 fully saturated rings. The number of carbonyl (C=O) groups excluding carboxylic acids is 2. The number of aliphatic hydroxyl groups excluding tert-OH is 1. The molecule has 5 rings (SSSR count). The van der Waals surface area contributed by atoms with Crippen LogP contribution in [0, 0.1) is 0 Å². The minimum Gasteiger partial charge on any atom is -0.507 e. The zero-order chi connectivity index (χ0) is 24.5. The number of rotatable bonds is 7. The van der Waals surface area contributed by atoms with Crippen molar-refractivity contribution in [2.75, 3.05) is 20.5 Å². The number of ether oxygens (including phenoxy) is 4. The summed E-state index contributed by atoms with van der Waals surface area (Å²) in [5, 5.41) is 13.2. The molecule has 9 heteroatoms. The van der Waals surface area contributed by atoms with Gasteiger partial charge in [0.1, 0.15) is 11.5 Å². The average Bonchev–Trinajstić information content (AvgIpc) is 3.61. The highest BCUT2D eigenvalue weighted by molar-refractivity contribution is 7.09. The fourth-order valence-electron chi connectivity index (χ4n) is 4.30. The minimum atomic E-state index is -0.855. The minimum absolute atomic E-state index is 0.00312. The van der Waals surface area contributed by atoms with E-state index < -0.39 is 17.7 Å². The highest BCUT2D eigenvalue weighted by Crippen LogP contribution is 2.47. The van der Waals surface area contributed by atoms with E-state index in [4.69, 9.17) is 18.9 Å². The van der Waals surface area contributed by atoms with Crippen molar-refractivity contribution in [1.82, 2.24) is 4.90 Å². The Morgan fingerprint density at radius 2 is 1.97 bits per heavy atom. The van der Waals surface area contributed by atoms with Gasteiger partial charge in [0.2, 0.25) is 12.5 Å². The Morgan fingerprint density at radius 1 is 1.17 bits per heavy atom. The van der Waals surface area contributed by atoms with Gasteiger partial charge in [-0.3, -0.25) is 9.59 Å². The Balaban J connectivity index is 1.65. The lowest BCUT2D eigenvalue weighted by Gasteiger charge is -2.25. The third kappa shape index (κ3) is 4.08. The maximum atomic E-state index is 13.3. The molecule has 0 spiro atoms. The molecule has 1 amide bonds. The van der Waals surface area contributed by atoms with Crippen molar-refractivity contribution in [2.45, 2.75) is 19.5 Å². The SMILES string of the molecule is CCOc1ccc(/C(O)=C2\C(=O)C(=O)N(Cc3cccs3)C2c2cc(OC)c3c(c2)OCO3)cc1. The normalized spacial score (nSPS) is 18.2. The lowest BCUT2D eigenvalue weighted by atomic mass is 9.94. The molecule has 2 aliphatic heterocycles. The Morgan fingerprint density at radius 3 is 2.66 bits per heavy atom. The van der Waals surface area contributed by atoms with Gasteiger partial charge in [-0.1, -0.05) is 6.07 Å². The maximum absolute atomic E-state index is 13.3. The average molecular weight is 494 g/mol. The number of methoxy groups -OCH3 is 1. The fourth-order valence-corrected chi connectivity index (χ4v) is 5.00. The van der Waals surface area contributed by atoms with Crippen LogP contribution in [-0.2, 0) is 16.1 Å². The molecule has 3 aromatic rings. The van der Waals surface area contributed by atoms with E-state index in [0.717, 1.165) is 4.88 Å². The zero-order valence-electron chi connectivity index (χ0n) is 19.1. The largest absolute Gasteiger partial charge is 0.507 e. The predicted molar refractivity (Wildman–Crippen MR) is 129 cm³/mol. The van der Waals surface area contributed by atoms with Gasteiger partial charge in [-0.05, 0) is 60.3 Å². The monoisotopic (exact) mass is 493 g/mol. The summed E-state index contributed by atoms with van der Waals surface area (Å²) in [6.45, 7) is 2.63. The molecule has 0 bridgehead atoms. The van der Waals surface area contributed by atoms with Crippen LogP contribution in [-0.4, -0.2) is 42.2 Å².